The van der Waals surface area contributed by atoms with Crippen LogP contribution in [0, 0.1) is 0 Å². The molecule has 0 radical (unpaired) electrons. The number of amides is 1. The number of anilines is 1. The highest BCUT2D eigenvalue weighted by atomic mass is 16.1. The van der Waals surface area contributed by atoms with Crippen LogP contribution in [0.15, 0.2) is 54.6 Å². The number of para-hydroxylation sites is 1. The molecule has 0 fully saturated rings. The molecule has 0 aliphatic heterocycles. The Morgan fingerprint density at radius 1 is 1.05 bits per heavy atom. The molecule has 0 aliphatic carbocycles. The van der Waals surface area contributed by atoms with Gasteiger partial charge in [0.25, 0.3) is 0 Å². The molecular formula is C17H20N2O. The Morgan fingerprint density at radius 3 is 2.40 bits per heavy atom. The van der Waals surface area contributed by atoms with Crippen LogP contribution in [-0.4, -0.2) is 5.91 Å². The zero-order valence-electron chi connectivity index (χ0n) is 11.9. The minimum Gasteiger partial charge on any atom is -0.326 e. The zero-order chi connectivity index (χ0) is 14.4. The number of rotatable bonds is 5. The first-order chi connectivity index (χ1) is 9.66. The van der Waals surface area contributed by atoms with Gasteiger partial charge in [-0.15, -0.1) is 0 Å². The van der Waals surface area contributed by atoms with Crippen molar-refractivity contribution in [1.29, 1.82) is 0 Å². The van der Waals surface area contributed by atoms with E-state index in [1.807, 2.05) is 42.5 Å². The van der Waals surface area contributed by atoms with Gasteiger partial charge in [-0.2, -0.15) is 0 Å². The molecule has 2 N–H and O–H groups in total. The maximum absolute atomic E-state index is 11.2. The van der Waals surface area contributed by atoms with Crippen molar-refractivity contribution in [3.8, 4) is 0 Å². The lowest BCUT2D eigenvalue weighted by atomic mass is 10.1. The average molecular weight is 268 g/mol. The summed E-state index contributed by atoms with van der Waals surface area (Å²) in [6.45, 7) is 4.37. The minimum absolute atomic E-state index is 0.0476. The van der Waals surface area contributed by atoms with Gasteiger partial charge in [-0.1, -0.05) is 48.5 Å². The maximum atomic E-state index is 11.2. The molecule has 3 heteroatoms. The summed E-state index contributed by atoms with van der Waals surface area (Å²) in [5.41, 5.74) is 3.21. The third kappa shape index (κ3) is 3.93. The first kappa shape index (κ1) is 14.3. The largest absolute Gasteiger partial charge is 0.326 e. The van der Waals surface area contributed by atoms with Crippen molar-refractivity contribution in [2.75, 3.05) is 5.32 Å². The van der Waals surface area contributed by atoms with Crippen LogP contribution in [-0.2, 0) is 11.3 Å². The normalized spacial score (nSPS) is 11.9. The Bertz CT molecular complexity index is 566. The highest BCUT2D eigenvalue weighted by Gasteiger charge is 2.07. The average Bonchev–Trinajstić information content (AvgIpc) is 2.46. The quantitative estimate of drug-likeness (QED) is 0.871. The van der Waals surface area contributed by atoms with Crippen LogP contribution in [0.5, 0.6) is 0 Å². The van der Waals surface area contributed by atoms with E-state index in [1.54, 1.807) is 0 Å². The lowest BCUT2D eigenvalue weighted by molar-refractivity contribution is -0.114. The highest BCUT2D eigenvalue weighted by Crippen LogP contribution is 2.17. The maximum Gasteiger partial charge on any atom is 0.221 e. The van der Waals surface area contributed by atoms with Gasteiger partial charge in [-0.05, 0) is 24.1 Å². The molecule has 1 atom stereocenters. The van der Waals surface area contributed by atoms with Crippen LogP contribution in [0.25, 0.3) is 0 Å². The SMILES string of the molecule is CC(=O)Nc1ccccc1CN[C@@H](C)c1ccccc1. The summed E-state index contributed by atoms with van der Waals surface area (Å²) >= 11 is 0. The van der Waals surface area contributed by atoms with Gasteiger partial charge in [-0.25, -0.2) is 0 Å². The Balaban J connectivity index is 2.02. The molecule has 3 nitrogen and oxygen atoms in total. The van der Waals surface area contributed by atoms with E-state index in [4.69, 9.17) is 0 Å². The second-order valence-electron chi connectivity index (χ2n) is 4.85. The van der Waals surface area contributed by atoms with E-state index in [0.717, 1.165) is 11.3 Å². The van der Waals surface area contributed by atoms with Crippen molar-refractivity contribution >= 4 is 11.6 Å². The molecule has 2 aromatic rings. The van der Waals surface area contributed by atoms with Crippen molar-refractivity contribution in [2.24, 2.45) is 0 Å². The molecule has 0 heterocycles. The molecule has 104 valence electrons. The van der Waals surface area contributed by atoms with E-state index in [0.29, 0.717) is 6.54 Å². The van der Waals surface area contributed by atoms with E-state index >= 15 is 0 Å². The molecular weight excluding hydrogens is 248 g/mol. The van der Waals surface area contributed by atoms with Crippen molar-refractivity contribution in [3.05, 3.63) is 65.7 Å². The van der Waals surface area contributed by atoms with E-state index in [2.05, 4.69) is 29.7 Å². The molecule has 0 aromatic heterocycles. The molecule has 0 aliphatic rings. The highest BCUT2D eigenvalue weighted by molar-refractivity contribution is 5.89. The van der Waals surface area contributed by atoms with Crippen molar-refractivity contribution < 1.29 is 4.79 Å². The number of hydrogen-bond donors (Lipinski definition) is 2. The Hall–Kier alpha value is -2.13. The van der Waals surface area contributed by atoms with Gasteiger partial charge in [-0.3, -0.25) is 4.79 Å². The van der Waals surface area contributed by atoms with E-state index in [-0.39, 0.29) is 11.9 Å². The van der Waals surface area contributed by atoms with Crippen LogP contribution in [0.4, 0.5) is 5.69 Å². The van der Waals surface area contributed by atoms with Gasteiger partial charge in [0.1, 0.15) is 0 Å². The zero-order valence-corrected chi connectivity index (χ0v) is 11.9. The number of nitrogens with one attached hydrogen (secondary N) is 2. The van der Waals surface area contributed by atoms with Crippen LogP contribution < -0.4 is 10.6 Å². The molecule has 0 spiro atoms. The molecule has 0 bridgehead atoms. The number of carbonyl (C=O) groups is 1. The summed E-state index contributed by atoms with van der Waals surface area (Å²) in [6.07, 6.45) is 0. The second kappa shape index (κ2) is 6.87. The summed E-state index contributed by atoms with van der Waals surface area (Å²) in [6, 6.07) is 18.4. The summed E-state index contributed by atoms with van der Waals surface area (Å²) in [5, 5.41) is 6.34. The van der Waals surface area contributed by atoms with Crippen molar-refractivity contribution in [2.45, 2.75) is 26.4 Å². The third-order valence-corrected chi connectivity index (χ3v) is 3.23. The fourth-order valence-corrected chi connectivity index (χ4v) is 2.11. The molecule has 2 aromatic carbocycles. The Labute approximate surface area is 120 Å². The molecule has 0 unspecified atom stereocenters. The van der Waals surface area contributed by atoms with Crippen molar-refractivity contribution in [3.63, 3.8) is 0 Å². The van der Waals surface area contributed by atoms with Crippen LogP contribution in [0.3, 0.4) is 0 Å². The number of carbonyl (C=O) groups excluding carboxylic acids is 1. The van der Waals surface area contributed by atoms with E-state index in [1.165, 1.54) is 12.5 Å². The van der Waals surface area contributed by atoms with Crippen LogP contribution >= 0.6 is 0 Å². The van der Waals surface area contributed by atoms with Crippen LogP contribution in [0.1, 0.15) is 31.0 Å². The molecule has 0 saturated carbocycles. The number of hydrogen-bond acceptors (Lipinski definition) is 2. The lowest BCUT2D eigenvalue weighted by Crippen LogP contribution is -2.19. The fourth-order valence-electron chi connectivity index (χ4n) is 2.11. The first-order valence-corrected chi connectivity index (χ1v) is 6.80. The summed E-state index contributed by atoms with van der Waals surface area (Å²) in [5.74, 6) is -0.0476. The molecule has 0 saturated heterocycles. The smallest absolute Gasteiger partial charge is 0.221 e. The van der Waals surface area contributed by atoms with Gasteiger partial charge in [0.2, 0.25) is 5.91 Å². The molecule has 20 heavy (non-hydrogen) atoms. The molecule has 1 amide bonds. The van der Waals surface area contributed by atoms with Gasteiger partial charge in [0.05, 0.1) is 0 Å². The topological polar surface area (TPSA) is 41.1 Å². The Kier molecular flexibility index (Phi) is 4.91. The molecule has 2 rings (SSSR count). The lowest BCUT2D eigenvalue weighted by Gasteiger charge is -2.16. The third-order valence-electron chi connectivity index (χ3n) is 3.23. The minimum atomic E-state index is -0.0476. The van der Waals surface area contributed by atoms with Crippen molar-refractivity contribution in [1.82, 2.24) is 5.32 Å². The monoisotopic (exact) mass is 268 g/mol. The fraction of sp³-hybridized carbons (Fsp3) is 0.235. The predicted octanol–water partition coefficient (Wildman–Crippen LogP) is 3.50. The van der Waals surface area contributed by atoms with Gasteiger partial charge < -0.3 is 10.6 Å². The van der Waals surface area contributed by atoms with Gasteiger partial charge in [0.15, 0.2) is 0 Å². The van der Waals surface area contributed by atoms with Gasteiger partial charge in [0, 0.05) is 25.2 Å². The standard InChI is InChI=1S/C17H20N2O/c1-13(15-8-4-3-5-9-15)18-12-16-10-6-7-11-17(16)19-14(2)20/h3-11,13,18H,12H2,1-2H3,(H,19,20)/t13-/m0/s1. The Morgan fingerprint density at radius 2 is 1.70 bits per heavy atom. The van der Waals surface area contributed by atoms with E-state index in [9.17, 15) is 4.79 Å². The second-order valence-corrected chi connectivity index (χ2v) is 4.85. The summed E-state index contributed by atoms with van der Waals surface area (Å²) in [4.78, 5) is 11.2. The summed E-state index contributed by atoms with van der Waals surface area (Å²) < 4.78 is 0. The predicted molar refractivity (Wildman–Crippen MR) is 82.4 cm³/mol. The first-order valence-electron chi connectivity index (χ1n) is 6.80. The van der Waals surface area contributed by atoms with Gasteiger partial charge >= 0.3 is 0 Å². The number of benzene rings is 2. The summed E-state index contributed by atoms with van der Waals surface area (Å²) in [7, 11) is 0. The van der Waals surface area contributed by atoms with E-state index < -0.39 is 0 Å². The van der Waals surface area contributed by atoms with Crippen LogP contribution in [0.2, 0.25) is 0 Å².